The number of carbonyl (C=O) groups excluding carboxylic acids is 1. The lowest BCUT2D eigenvalue weighted by atomic mass is 10.1. The highest BCUT2D eigenvalue weighted by atomic mass is 35.5. The Morgan fingerprint density at radius 3 is 2.72 bits per heavy atom. The number of carbonyl (C=O) groups is 1. The number of H-pyrrole nitrogens is 1. The monoisotopic (exact) mass is 352 g/mol. The first-order valence-electron chi connectivity index (χ1n) is 8.16. The highest BCUT2D eigenvalue weighted by molar-refractivity contribution is 6.30. The predicted octanol–water partition coefficient (Wildman–Crippen LogP) is 4.18. The van der Waals surface area contributed by atoms with E-state index in [1.54, 1.807) is 0 Å². The summed E-state index contributed by atoms with van der Waals surface area (Å²) in [6.45, 7) is 1.86. The standard InChI is InChI=1S/C19H17ClN4O/c1-11-21-18(24-23-11)12-5-7-15(8-6-12)22-19(25)17-10-16(17)13-3-2-4-14(20)9-13/h2-9,16-17H,10H2,1H3,(H,22,25)(H,21,23,24). The minimum atomic E-state index is 0.00815. The summed E-state index contributed by atoms with van der Waals surface area (Å²) >= 11 is 6.03. The molecule has 1 aliphatic carbocycles. The molecule has 4 rings (SSSR count). The summed E-state index contributed by atoms with van der Waals surface area (Å²) in [5, 5.41) is 10.6. The first kappa shape index (κ1) is 15.8. The van der Waals surface area contributed by atoms with Gasteiger partial charge in [0, 0.05) is 22.2 Å². The van der Waals surface area contributed by atoms with Crippen LogP contribution in [0.3, 0.4) is 0 Å². The second-order valence-electron chi connectivity index (χ2n) is 6.31. The molecule has 1 amide bonds. The molecule has 6 heteroatoms. The molecule has 0 bridgehead atoms. The smallest absolute Gasteiger partial charge is 0.228 e. The van der Waals surface area contributed by atoms with Gasteiger partial charge in [-0.25, -0.2) is 4.98 Å². The molecule has 5 nitrogen and oxygen atoms in total. The second-order valence-corrected chi connectivity index (χ2v) is 6.75. The predicted molar refractivity (Wildman–Crippen MR) is 97.5 cm³/mol. The molecular formula is C19H17ClN4O. The Morgan fingerprint density at radius 2 is 2.04 bits per heavy atom. The Morgan fingerprint density at radius 1 is 1.24 bits per heavy atom. The van der Waals surface area contributed by atoms with Gasteiger partial charge in [-0.15, -0.1) is 0 Å². The van der Waals surface area contributed by atoms with E-state index >= 15 is 0 Å². The Bertz CT molecular complexity index is 919. The van der Waals surface area contributed by atoms with E-state index in [1.165, 1.54) is 0 Å². The highest BCUT2D eigenvalue weighted by Crippen LogP contribution is 2.48. The maximum absolute atomic E-state index is 12.4. The summed E-state index contributed by atoms with van der Waals surface area (Å²) in [5.74, 6) is 1.74. The van der Waals surface area contributed by atoms with Crippen LogP contribution in [0.1, 0.15) is 23.7 Å². The molecule has 0 radical (unpaired) electrons. The average Bonchev–Trinajstić information content (AvgIpc) is 3.30. The maximum Gasteiger partial charge on any atom is 0.228 e. The lowest BCUT2D eigenvalue weighted by molar-refractivity contribution is -0.117. The lowest BCUT2D eigenvalue weighted by Gasteiger charge is -2.06. The minimum Gasteiger partial charge on any atom is -0.326 e. The third-order valence-corrected chi connectivity index (χ3v) is 4.65. The number of halogens is 1. The topological polar surface area (TPSA) is 70.7 Å². The zero-order valence-corrected chi connectivity index (χ0v) is 14.4. The number of anilines is 1. The Kier molecular flexibility index (Phi) is 4.01. The number of rotatable bonds is 4. The van der Waals surface area contributed by atoms with Gasteiger partial charge in [0.15, 0.2) is 5.82 Å². The van der Waals surface area contributed by atoms with Gasteiger partial charge >= 0.3 is 0 Å². The fourth-order valence-electron chi connectivity index (χ4n) is 3.00. The van der Waals surface area contributed by atoms with E-state index in [9.17, 15) is 4.79 Å². The minimum absolute atomic E-state index is 0.00815. The zero-order chi connectivity index (χ0) is 17.4. The third kappa shape index (κ3) is 3.42. The van der Waals surface area contributed by atoms with E-state index in [0.717, 1.165) is 29.1 Å². The fraction of sp³-hybridized carbons (Fsp3) is 0.211. The van der Waals surface area contributed by atoms with Gasteiger partial charge in [-0.3, -0.25) is 9.89 Å². The fourth-order valence-corrected chi connectivity index (χ4v) is 3.20. The third-order valence-electron chi connectivity index (χ3n) is 4.41. The molecule has 1 heterocycles. The molecule has 0 aliphatic heterocycles. The van der Waals surface area contributed by atoms with E-state index in [1.807, 2.05) is 55.5 Å². The van der Waals surface area contributed by atoms with E-state index in [0.29, 0.717) is 10.8 Å². The van der Waals surface area contributed by atoms with Crippen LogP contribution in [0.4, 0.5) is 5.69 Å². The highest BCUT2D eigenvalue weighted by Gasteiger charge is 2.43. The van der Waals surface area contributed by atoms with E-state index in [-0.39, 0.29) is 17.7 Å². The van der Waals surface area contributed by atoms with E-state index < -0.39 is 0 Å². The van der Waals surface area contributed by atoms with Gasteiger partial charge in [-0.2, -0.15) is 5.10 Å². The molecule has 3 aromatic rings. The van der Waals surface area contributed by atoms with Crippen molar-refractivity contribution < 1.29 is 4.79 Å². The summed E-state index contributed by atoms with van der Waals surface area (Å²) in [6.07, 6.45) is 0.862. The Hall–Kier alpha value is -2.66. The van der Waals surface area contributed by atoms with Crippen LogP contribution in [-0.4, -0.2) is 21.1 Å². The number of amides is 1. The number of hydrogen-bond donors (Lipinski definition) is 2. The number of aromatic nitrogens is 3. The van der Waals surface area contributed by atoms with Crippen LogP contribution >= 0.6 is 11.6 Å². The van der Waals surface area contributed by atoms with Gasteiger partial charge in [0.05, 0.1) is 0 Å². The van der Waals surface area contributed by atoms with Gasteiger partial charge in [0.25, 0.3) is 0 Å². The van der Waals surface area contributed by atoms with Crippen molar-refractivity contribution in [1.82, 2.24) is 15.2 Å². The molecule has 2 N–H and O–H groups in total. The quantitative estimate of drug-likeness (QED) is 0.740. The average molecular weight is 353 g/mol. The molecule has 2 aromatic carbocycles. The molecule has 1 fully saturated rings. The SMILES string of the molecule is Cc1nc(-c2ccc(NC(=O)C3CC3c3cccc(Cl)c3)cc2)n[nH]1. The van der Waals surface area contributed by atoms with Crippen LogP contribution in [0.25, 0.3) is 11.4 Å². The molecular weight excluding hydrogens is 336 g/mol. The molecule has 1 aromatic heterocycles. The molecule has 126 valence electrons. The summed E-state index contributed by atoms with van der Waals surface area (Å²) in [6, 6.07) is 15.3. The molecule has 2 atom stereocenters. The van der Waals surface area contributed by atoms with Crippen molar-refractivity contribution in [2.45, 2.75) is 19.3 Å². The molecule has 2 unspecified atom stereocenters. The number of benzene rings is 2. The number of nitrogens with zero attached hydrogens (tertiary/aromatic N) is 2. The first-order valence-corrected chi connectivity index (χ1v) is 8.54. The van der Waals surface area contributed by atoms with Crippen molar-refractivity contribution in [2.75, 3.05) is 5.32 Å². The van der Waals surface area contributed by atoms with Gasteiger partial charge < -0.3 is 5.32 Å². The van der Waals surface area contributed by atoms with Gasteiger partial charge in [0.1, 0.15) is 5.82 Å². The van der Waals surface area contributed by atoms with E-state index in [2.05, 4.69) is 20.5 Å². The van der Waals surface area contributed by atoms with Crippen LogP contribution < -0.4 is 5.32 Å². The van der Waals surface area contributed by atoms with E-state index in [4.69, 9.17) is 11.6 Å². The summed E-state index contributed by atoms with van der Waals surface area (Å²) in [5.41, 5.74) is 2.81. The summed E-state index contributed by atoms with van der Waals surface area (Å²) in [7, 11) is 0. The number of hydrogen-bond acceptors (Lipinski definition) is 3. The summed E-state index contributed by atoms with van der Waals surface area (Å²) < 4.78 is 0. The van der Waals surface area contributed by atoms with Crippen LogP contribution in [0.5, 0.6) is 0 Å². The van der Waals surface area contributed by atoms with Gasteiger partial charge in [-0.1, -0.05) is 23.7 Å². The Balaban J connectivity index is 1.40. The largest absolute Gasteiger partial charge is 0.326 e. The number of nitrogens with one attached hydrogen (secondary N) is 2. The zero-order valence-electron chi connectivity index (χ0n) is 13.7. The first-order chi connectivity index (χ1) is 12.1. The Labute approximate surface area is 150 Å². The lowest BCUT2D eigenvalue weighted by Crippen LogP contribution is -2.14. The van der Waals surface area contributed by atoms with Crippen molar-refractivity contribution in [2.24, 2.45) is 5.92 Å². The van der Waals surface area contributed by atoms with Crippen molar-refractivity contribution in [3.05, 3.63) is 64.9 Å². The van der Waals surface area contributed by atoms with Crippen LogP contribution in [0.2, 0.25) is 5.02 Å². The molecule has 1 saturated carbocycles. The van der Waals surface area contributed by atoms with Crippen molar-refractivity contribution in [3.8, 4) is 11.4 Å². The van der Waals surface area contributed by atoms with Crippen LogP contribution in [0, 0.1) is 12.8 Å². The maximum atomic E-state index is 12.4. The normalized spacial score (nSPS) is 18.8. The molecule has 25 heavy (non-hydrogen) atoms. The number of aryl methyl sites for hydroxylation is 1. The van der Waals surface area contributed by atoms with Crippen molar-refractivity contribution in [3.63, 3.8) is 0 Å². The van der Waals surface area contributed by atoms with Gasteiger partial charge in [0.2, 0.25) is 5.91 Å². The van der Waals surface area contributed by atoms with Crippen molar-refractivity contribution in [1.29, 1.82) is 0 Å². The van der Waals surface area contributed by atoms with Crippen molar-refractivity contribution >= 4 is 23.2 Å². The molecule has 0 saturated heterocycles. The summed E-state index contributed by atoms with van der Waals surface area (Å²) in [4.78, 5) is 16.7. The van der Waals surface area contributed by atoms with Gasteiger partial charge in [-0.05, 0) is 61.2 Å². The molecule has 0 spiro atoms. The van der Waals surface area contributed by atoms with Crippen LogP contribution in [0.15, 0.2) is 48.5 Å². The molecule has 1 aliphatic rings. The van der Waals surface area contributed by atoms with Crippen LogP contribution in [-0.2, 0) is 4.79 Å². The second kappa shape index (κ2) is 6.33. The number of aromatic amines is 1.